The van der Waals surface area contributed by atoms with Crippen LogP contribution in [0.15, 0.2) is 12.4 Å². The van der Waals surface area contributed by atoms with Gasteiger partial charge in [-0.3, -0.25) is 4.79 Å². The normalized spacial score (nSPS) is 15.6. The first-order valence-corrected chi connectivity index (χ1v) is 7.11. The molecule has 22 heavy (non-hydrogen) atoms. The standard InChI is InChI=1S/C14H19BN4O3/c1-14(2,3)22-13(21)19-6-4-18(5-7-19)12(20)11-16-8-10(15)9-17-11/h8-9H,4-7H2,1-3H3. The van der Waals surface area contributed by atoms with Gasteiger partial charge in [-0.15, -0.1) is 0 Å². The highest BCUT2D eigenvalue weighted by Crippen LogP contribution is 2.12. The Morgan fingerprint density at radius 2 is 1.59 bits per heavy atom. The minimum Gasteiger partial charge on any atom is -0.444 e. The topological polar surface area (TPSA) is 75.6 Å². The van der Waals surface area contributed by atoms with Gasteiger partial charge in [0.15, 0.2) is 0 Å². The Bertz CT molecular complexity index is 548. The lowest BCUT2D eigenvalue weighted by Gasteiger charge is -2.35. The lowest BCUT2D eigenvalue weighted by molar-refractivity contribution is 0.0139. The van der Waals surface area contributed by atoms with E-state index in [0.717, 1.165) is 0 Å². The summed E-state index contributed by atoms with van der Waals surface area (Å²) in [6.45, 7) is 7.16. The molecule has 0 aromatic carbocycles. The summed E-state index contributed by atoms with van der Waals surface area (Å²) in [7, 11) is 5.50. The zero-order valence-electron chi connectivity index (χ0n) is 13.1. The van der Waals surface area contributed by atoms with Crippen LogP contribution in [-0.2, 0) is 4.74 Å². The molecule has 116 valence electrons. The number of carbonyl (C=O) groups is 2. The van der Waals surface area contributed by atoms with E-state index in [1.165, 1.54) is 12.4 Å². The molecule has 1 fully saturated rings. The molecule has 2 radical (unpaired) electrons. The van der Waals surface area contributed by atoms with Crippen LogP contribution >= 0.6 is 0 Å². The molecular formula is C14H19BN4O3. The molecule has 1 aromatic heterocycles. The lowest BCUT2D eigenvalue weighted by Crippen LogP contribution is -2.51. The van der Waals surface area contributed by atoms with Gasteiger partial charge in [0.25, 0.3) is 5.91 Å². The third-order valence-electron chi connectivity index (χ3n) is 3.08. The summed E-state index contributed by atoms with van der Waals surface area (Å²) in [4.78, 5) is 35.3. The monoisotopic (exact) mass is 302 g/mol. The molecule has 0 aliphatic carbocycles. The highest BCUT2D eigenvalue weighted by Gasteiger charge is 2.28. The van der Waals surface area contributed by atoms with Crippen molar-refractivity contribution in [3.8, 4) is 0 Å². The molecule has 0 saturated carbocycles. The summed E-state index contributed by atoms with van der Waals surface area (Å²) < 4.78 is 5.32. The van der Waals surface area contributed by atoms with Crippen molar-refractivity contribution in [3.05, 3.63) is 18.2 Å². The van der Waals surface area contributed by atoms with E-state index in [0.29, 0.717) is 31.6 Å². The van der Waals surface area contributed by atoms with Crippen LogP contribution < -0.4 is 5.46 Å². The second-order valence-corrected chi connectivity index (χ2v) is 6.10. The van der Waals surface area contributed by atoms with E-state index in [1.54, 1.807) is 9.80 Å². The number of nitrogens with zero attached hydrogens (tertiary/aromatic N) is 4. The maximum Gasteiger partial charge on any atom is 0.410 e. The van der Waals surface area contributed by atoms with Gasteiger partial charge in [0.1, 0.15) is 13.4 Å². The third-order valence-corrected chi connectivity index (χ3v) is 3.08. The molecule has 8 heteroatoms. The van der Waals surface area contributed by atoms with E-state index >= 15 is 0 Å². The summed E-state index contributed by atoms with van der Waals surface area (Å²) in [6.07, 6.45) is 2.44. The van der Waals surface area contributed by atoms with E-state index in [9.17, 15) is 9.59 Å². The highest BCUT2D eigenvalue weighted by molar-refractivity contribution is 6.31. The number of piperazine rings is 1. The predicted octanol–water partition coefficient (Wildman–Crippen LogP) is -0.0367. The number of hydrogen-bond acceptors (Lipinski definition) is 5. The number of ether oxygens (including phenoxy) is 1. The van der Waals surface area contributed by atoms with Crippen LogP contribution in [0, 0.1) is 0 Å². The molecule has 1 aromatic rings. The molecule has 0 unspecified atom stereocenters. The third kappa shape index (κ3) is 4.19. The molecular weight excluding hydrogens is 283 g/mol. The summed E-state index contributed by atoms with van der Waals surface area (Å²) in [5.74, 6) is -0.149. The van der Waals surface area contributed by atoms with Gasteiger partial charge in [-0.1, -0.05) is 5.46 Å². The van der Waals surface area contributed by atoms with Gasteiger partial charge in [0.2, 0.25) is 5.82 Å². The SMILES string of the molecule is [B]c1cnc(C(=O)N2CCN(C(=O)OC(C)(C)C)CC2)nc1. The first kappa shape index (κ1) is 16.3. The maximum atomic E-state index is 12.2. The molecule has 1 saturated heterocycles. The zero-order chi connectivity index (χ0) is 16.3. The van der Waals surface area contributed by atoms with Gasteiger partial charge in [-0.05, 0) is 20.8 Å². The smallest absolute Gasteiger partial charge is 0.410 e. The Hall–Kier alpha value is -2.12. The quantitative estimate of drug-likeness (QED) is 0.681. The average Bonchev–Trinajstić information content (AvgIpc) is 2.46. The van der Waals surface area contributed by atoms with Crippen molar-refractivity contribution < 1.29 is 14.3 Å². The predicted molar refractivity (Wildman–Crippen MR) is 81.1 cm³/mol. The zero-order valence-corrected chi connectivity index (χ0v) is 13.1. The van der Waals surface area contributed by atoms with Crippen LogP contribution in [0.2, 0.25) is 0 Å². The van der Waals surface area contributed by atoms with E-state index in [2.05, 4.69) is 9.97 Å². The highest BCUT2D eigenvalue weighted by atomic mass is 16.6. The van der Waals surface area contributed by atoms with Crippen molar-refractivity contribution in [3.63, 3.8) is 0 Å². The molecule has 0 spiro atoms. The lowest BCUT2D eigenvalue weighted by atomic mass is 10.0. The molecule has 1 aliphatic rings. The molecule has 0 N–H and O–H groups in total. The number of amides is 2. The first-order valence-electron chi connectivity index (χ1n) is 7.11. The molecule has 1 aliphatic heterocycles. The van der Waals surface area contributed by atoms with Crippen molar-refractivity contribution in [1.82, 2.24) is 19.8 Å². The number of carbonyl (C=O) groups excluding carboxylic acids is 2. The van der Waals surface area contributed by atoms with Crippen molar-refractivity contribution in [2.45, 2.75) is 26.4 Å². The summed E-state index contributed by atoms with van der Waals surface area (Å²) in [5, 5.41) is 0. The largest absolute Gasteiger partial charge is 0.444 e. The Labute approximate surface area is 131 Å². The van der Waals surface area contributed by atoms with Crippen molar-refractivity contribution in [1.29, 1.82) is 0 Å². The fraction of sp³-hybridized carbons (Fsp3) is 0.571. The minimum atomic E-state index is -0.526. The van der Waals surface area contributed by atoms with Crippen LogP contribution in [-0.4, -0.2) is 71.4 Å². The van der Waals surface area contributed by atoms with Crippen molar-refractivity contribution >= 4 is 25.3 Å². The summed E-state index contributed by atoms with van der Waals surface area (Å²) in [6, 6.07) is 0. The number of rotatable bonds is 1. The van der Waals surface area contributed by atoms with Gasteiger partial charge in [0, 0.05) is 38.6 Å². The number of aromatic nitrogens is 2. The maximum absolute atomic E-state index is 12.2. The van der Waals surface area contributed by atoms with Gasteiger partial charge in [-0.25, -0.2) is 14.8 Å². The van der Waals surface area contributed by atoms with Crippen LogP contribution in [0.3, 0.4) is 0 Å². The Kier molecular flexibility index (Phi) is 4.68. The van der Waals surface area contributed by atoms with Crippen LogP contribution in [0.5, 0.6) is 0 Å². The fourth-order valence-electron chi connectivity index (χ4n) is 2.01. The molecule has 2 heterocycles. The summed E-state index contributed by atoms with van der Waals surface area (Å²) in [5.41, 5.74) is -0.117. The Morgan fingerprint density at radius 1 is 1.09 bits per heavy atom. The van der Waals surface area contributed by atoms with Gasteiger partial charge < -0.3 is 14.5 Å². The Morgan fingerprint density at radius 3 is 2.09 bits per heavy atom. The van der Waals surface area contributed by atoms with Gasteiger partial charge in [-0.2, -0.15) is 0 Å². The van der Waals surface area contributed by atoms with Crippen LogP contribution in [0.25, 0.3) is 0 Å². The van der Waals surface area contributed by atoms with E-state index in [4.69, 9.17) is 12.6 Å². The van der Waals surface area contributed by atoms with Crippen molar-refractivity contribution in [2.75, 3.05) is 26.2 Å². The van der Waals surface area contributed by atoms with Gasteiger partial charge in [0.05, 0.1) is 0 Å². The second-order valence-electron chi connectivity index (χ2n) is 6.10. The molecule has 0 bridgehead atoms. The molecule has 2 rings (SSSR count). The van der Waals surface area contributed by atoms with Gasteiger partial charge >= 0.3 is 6.09 Å². The van der Waals surface area contributed by atoms with E-state index in [-0.39, 0.29) is 17.8 Å². The van der Waals surface area contributed by atoms with Crippen molar-refractivity contribution in [2.24, 2.45) is 0 Å². The average molecular weight is 302 g/mol. The second kappa shape index (κ2) is 6.33. The minimum absolute atomic E-state index is 0.111. The van der Waals surface area contributed by atoms with E-state index in [1.807, 2.05) is 20.8 Å². The van der Waals surface area contributed by atoms with Crippen LogP contribution in [0.4, 0.5) is 4.79 Å². The first-order chi connectivity index (χ1) is 10.3. The fourth-order valence-corrected chi connectivity index (χ4v) is 2.01. The molecule has 7 nitrogen and oxygen atoms in total. The molecule has 0 atom stereocenters. The van der Waals surface area contributed by atoms with E-state index < -0.39 is 5.60 Å². The Balaban J connectivity index is 1.90. The van der Waals surface area contributed by atoms with Crippen LogP contribution in [0.1, 0.15) is 31.4 Å². The number of hydrogen-bond donors (Lipinski definition) is 0. The molecule has 2 amide bonds. The summed E-state index contributed by atoms with van der Waals surface area (Å²) >= 11 is 0.